The van der Waals surface area contributed by atoms with Crippen molar-refractivity contribution in [2.75, 3.05) is 0 Å². The number of carbonyl (C=O) groups excluding carboxylic acids is 1. The molecule has 0 aliphatic heterocycles. The fourth-order valence-electron chi connectivity index (χ4n) is 2.78. The predicted molar refractivity (Wildman–Crippen MR) is 135 cm³/mol. The Morgan fingerprint density at radius 3 is 1.78 bits per heavy atom. The van der Waals surface area contributed by atoms with E-state index in [1.165, 1.54) is 48.5 Å². The van der Waals surface area contributed by atoms with Gasteiger partial charge in [-0.25, -0.2) is 10.4 Å². The van der Waals surface area contributed by atoms with Crippen molar-refractivity contribution < 1.29 is 19.7 Å². The second-order valence-electron chi connectivity index (χ2n) is 7.24. The molecule has 1 aromatic heterocycles. The summed E-state index contributed by atoms with van der Waals surface area (Å²) in [6.45, 7) is 3.22. The van der Waals surface area contributed by atoms with Gasteiger partial charge in [0.1, 0.15) is 0 Å². The standard InChI is InChI=1S/C23H19N7O6.Sb/c1-14(25-27-22(31)16-6-10-18(11-7-16)29(33)34)20-4-3-5-21(24-20)15(2)26-28-23(32)17-8-12-19(13-9-17)30(35)36;/h3-13H,1-2H3,(H,27,31)(H,28,32);/q;+3/p-1/b25-14+,26-15+;. The average molecular weight is 610 g/mol. The first-order valence-corrected chi connectivity index (χ1v) is 10.3. The molecule has 0 atom stereocenters. The smallest absolute Gasteiger partial charge is 0.857 e. The number of rotatable bonds is 8. The van der Waals surface area contributed by atoms with Gasteiger partial charge in [0.2, 0.25) is 0 Å². The molecule has 0 saturated carbocycles. The van der Waals surface area contributed by atoms with Crippen LogP contribution in [-0.4, -0.2) is 62.5 Å². The van der Waals surface area contributed by atoms with Gasteiger partial charge in [0, 0.05) is 35.7 Å². The number of nitrogens with one attached hydrogen (secondary N) is 1. The van der Waals surface area contributed by atoms with Gasteiger partial charge in [0.25, 0.3) is 17.3 Å². The van der Waals surface area contributed by atoms with Crippen LogP contribution in [0.5, 0.6) is 0 Å². The van der Waals surface area contributed by atoms with Crippen molar-refractivity contribution in [2.45, 2.75) is 13.8 Å². The van der Waals surface area contributed by atoms with Crippen LogP contribution in [0.15, 0.2) is 82.0 Å². The van der Waals surface area contributed by atoms with E-state index in [1.54, 1.807) is 32.0 Å². The number of nitro groups is 2. The topological polar surface area (TPSA) is 188 Å². The van der Waals surface area contributed by atoms with Crippen molar-refractivity contribution in [1.29, 1.82) is 0 Å². The number of benzene rings is 2. The van der Waals surface area contributed by atoms with Crippen molar-refractivity contribution in [2.24, 2.45) is 15.3 Å². The molecule has 2 aromatic carbocycles. The fraction of sp³-hybridized carbons (Fsp3) is 0.0870. The van der Waals surface area contributed by atoms with E-state index in [0.717, 1.165) is 0 Å². The van der Waals surface area contributed by atoms with Crippen LogP contribution in [0.2, 0.25) is 0 Å². The van der Waals surface area contributed by atoms with Crippen LogP contribution in [0, 0.1) is 20.2 Å². The molecule has 1 heterocycles. The number of nitro benzene ring substituents is 2. The van der Waals surface area contributed by atoms with E-state index in [9.17, 15) is 30.1 Å². The van der Waals surface area contributed by atoms with E-state index in [2.05, 4.69) is 25.7 Å². The summed E-state index contributed by atoms with van der Waals surface area (Å²) in [5.74, 6) is -1.23. The normalized spacial score (nSPS) is 11.9. The van der Waals surface area contributed by atoms with Gasteiger partial charge in [0.15, 0.2) is 0 Å². The minimum Gasteiger partial charge on any atom is -0.857 e. The van der Waals surface area contributed by atoms with Gasteiger partial charge < -0.3 is 5.11 Å². The van der Waals surface area contributed by atoms with E-state index in [-0.39, 0.29) is 46.9 Å². The fourth-order valence-corrected chi connectivity index (χ4v) is 2.78. The zero-order valence-electron chi connectivity index (χ0n) is 19.4. The SMILES string of the molecule is C/C(=N\N=C(/[O-])c1ccc([N+](=O)[O-])cc1)c1cccc(/C(C)=N/NC(=O)c2ccc([N+](=O)[O-])cc2)n1.[Sb+3]. The van der Waals surface area contributed by atoms with Crippen LogP contribution in [0.4, 0.5) is 11.4 Å². The molecule has 37 heavy (non-hydrogen) atoms. The van der Waals surface area contributed by atoms with Crippen molar-refractivity contribution >= 4 is 59.0 Å². The molecule has 13 nitrogen and oxygen atoms in total. The second-order valence-corrected chi connectivity index (χ2v) is 7.24. The van der Waals surface area contributed by atoms with Crippen molar-refractivity contribution in [1.82, 2.24) is 10.4 Å². The number of hydrogen-bond donors (Lipinski definition) is 1. The summed E-state index contributed by atoms with van der Waals surface area (Å²) in [5.41, 5.74) is 3.96. The molecule has 1 amide bonds. The Morgan fingerprint density at radius 1 is 0.784 bits per heavy atom. The molecule has 0 fully saturated rings. The Kier molecular flexibility index (Phi) is 10.1. The van der Waals surface area contributed by atoms with Crippen molar-refractivity contribution in [3.63, 3.8) is 0 Å². The van der Waals surface area contributed by atoms with Crippen LogP contribution in [-0.2, 0) is 0 Å². The van der Waals surface area contributed by atoms with Gasteiger partial charge in [-0.1, -0.05) is 6.07 Å². The van der Waals surface area contributed by atoms with Gasteiger partial charge in [0.05, 0.1) is 32.7 Å². The average Bonchev–Trinajstić information content (AvgIpc) is 2.90. The number of amides is 1. The number of carbonyl (C=O) groups is 1. The molecule has 1 N–H and O–H groups in total. The molecule has 184 valence electrons. The Balaban J connectivity index is 0.00000481. The maximum Gasteiger partial charge on any atom is 3.00 e. The first-order chi connectivity index (χ1) is 17.2. The Labute approximate surface area is 227 Å². The first kappa shape index (κ1) is 28.7. The molecule has 14 heteroatoms. The molecule has 3 rings (SSSR count). The summed E-state index contributed by atoms with van der Waals surface area (Å²) < 4.78 is 0. The second kappa shape index (κ2) is 13.0. The van der Waals surface area contributed by atoms with E-state index in [0.29, 0.717) is 22.8 Å². The molecule has 0 bridgehead atoms. The Bertz CT molecular complexity index is 1400. The van der Waals surface area contributed by atoms with Gasteiger partial charge in [-0.05, 0) is 55.8 Å². The monoisotopic (exact) mass is 609 g/mol. The van der Waals surface area contributed by atoms with E-state index in [4.69, 9.17) is 0 Å². The number of hydrogen-bond acceptors (Lipinski definition) is 10. The third-order valence-corrected chi connectivity index (χ3v) is 4.77. The third-order valence-electron chi connectivity index (χ3n) is 4.77. The largest absolute Gasteiger partial charge is 3.00 e. The summed E-state index contributed by atoms with van der Waals surface area (Å²) in [7, 11) is 0. The number of nitrogens with zero attached hydrogens (tertiary/aromatic N) is 6. The van der Waals surface area contributed by atoms with E-state index in [1.807, 2.05) is 0 Å². The van der Waals surface area contributed by atoms with Crippen LogP contribution >= 0.6 is 0 Å². The first-order valence-electron chi connectivity index (χ1n) is 10.3. The summed E-state index contributed by atoms with van der Waals surface area (Å²) in [4.78, 5) is 37.0. The molecule has 0 aliphatic carbocycles. The Morgan fingerprint density at radius 2 is 1.27 bits per heavy atom. The molecule has 2 radical (unpaired) electrons. The zero-order valence-corrected chi connectivity index (χ0v) is 22.0. The van der Waals surface area contributed by atoms with Crippen LogP contribution in [0.25, 0.3) is 0 Å². The third kappa shape index (κ3) is 7.74. The molecular weight excluding hydrogens is 592 g/mol. The minimum atomic E-state index is -0.674. The number of aromatic nitrogens is 1. The number of non-ortho nitro benzene ring substituents is 2. The van der Waals surface area contributed by atoms with E-state index < -0.39 is 21.7 Å². The van der Waals surface area contributed by atoms with Crippen LogP contribution < -0.4 is 10.5 Å². The number of hydrazone groups is 1. The van der Waals surface area contributed by atoms with Gasteiger partial charge in [-0.3, -0.25) is 25.0 Å². The maximum absolute atomic E-state index is 12.2. The van der Waals surface area contributed by atoms with Crippen LogP contribution in [0.1, 0.15) is 41.2 Å². The zero-order chi connectivity index (χ0) is 26.2. The van der Waals surface area contributed by atoms with Gasteiger partial charge in [-0.2, -0.15) is 15.3 Å². The summed E-state index contributed by atoms with van der Waals surface area (Å²) in [6, 6.07) is 15.1. The van der Waals surface area contributed by atoms with Gasteiger partial charge in [-0.15, -0.1) is 0 Å². The molecule has 0 saturated heterocycles. The summed E-state index contributed by atoms with van der Waals surface area (Å²) >= 11 is 0. The number of pyridine rings is 1. The minimum absolute atomic E-state index is 0. The van der Waals surface area contributed by atoms with E-state index >= 15 is 0 Å². The predicted octanol–water partition coefficient (Wildman–Crippen LogP) is 2.20. The van der Waals surface area contributed by atoms with Gasteiger partial charge >= 0.3 is 24.4 Å². The molecule has 0 spiro atoms. The quantitative estimate of drug-likeness (QED) is 0.133. The summed E-state index contributed by atoms with van der Waals surface area (Å²) in [5, 5.41) is 45.2. The maximum atomic E-state index is 12.2. The molecular formula is C23H18N7O6Sb+2. The summed E-state index contributed by atoms with van der Waals surface area (Å²) in [6.07, 6.45) is 0. The van der Waals surface area contributed by atoms with Crippen molar-refractivity contribution in [3.05, 3.63) is 109 Å². The van der Waals surface area contributed by atoms with Crippen molar-refractivity contribution in [3.8, 4) is 0 Å². The van der Waals surface area contributed by atoms with Crippen LogP contribution in [0.3, 0.4) is 0 Å². The molecule has 0 unspecified atom stereocenters. The molecule has 3 aromatic rings. The molecule has 0 aliphatic rings. The Hall–Kier alpha value is -4.51.